The van der Waals surface area contributed by atoms with Gasteiger partial charge in [0.1, 0.15) is 0 Å². The van der Waals surface area contributed by atoms with Crippen LogP contribution in [0.3, 0.4) is 0 Å². The van der Waals surface area contributed by atoms with Gasteiger partial charge < -0.3 is 0 Å². The molecule has 0 radical (unpaired) electrons. The van der Waals surface area contributed by atoms with E-state index in [1.54, 1.807) is 0 Å². The van der Waals surface area contributed by atoms with Crippen molar-refractivity contribution in [2.75, 3.05) is 0 Å². The van der Waals surface area contributed by atoms with Crippen LogP contribution in [0.1, 0.15) is 51.4 Å². The van der Waals surface area contributed by atoms with Crippen LogP contribution in [0.15, 0.2) is 0 Å². The van der Waals surface area contributed by atoms with Crippen LogP contribution in [0.2, 0.25) is 0 Å². The predicted molar refractivity (Wildman–Crippen MR) is 53.4 cm³/mol. The summed E-state index contributed by atoms with van der Waals surface area (Å²) in [5.74, 6) is 0. The van der Waals surface area contributed by atoms with Crippen molar-refractivity contribution in [3.05, 3.63) is 0 Å². The monoisotopic (exact) mass is 202 g/mol. The highest BCUT2D eigenvalue weighted by Crippen LogP contribution is 2.33. The van der Waals surface area contributed by atoms with Crippen molar-refractivity contribution in [3.8, 4) is 0 Å². The molecule has 0 aliphatic heterocycles. The van der Waals surface area contributed by atoms with E-state index in [1.807, 2.05) is 0 Å². The average molecular weight is 202 g/mol. The van der Waals surface area contributed by atoms with Crippen LogP contribution in [-0.2, 0) is 9.84 Å². The molecule has 0 aromatic heterocycles. The topological polar surface area (TPSA) is 34.1 Å². The molecule has 0 amide bonds. The second-order valence-electron chi connectivity index (χ2n) is 4.40. The Kier molecular flexibility index (Phi) is 2.63. The predicted octanol–water partition coefficient (Wildman–Crippen LogP) is 2.29. The summed E-state index contributed by atoms with van der Waals surface area (Å²) < 4.78 is 24.1. The Balaban J connectivity index is 2.09. The summed E-state index contributed by atoms with van der Waals surface area (Å²) in [6.07, 6.45) is 8.20. The van der Waals surface area contributed by atoms with Crippen molar-refractivity contribution in [2.24, 2.45) is 0 Å². The molecule has 2 aliphatic carbocycles. The van der Waals surface area contributed by atoms with E-state index in [4.69, 9.17) is 0 Å². The summed E-state index contributed by atoms with van der Waals surface area (Å²) in [7, 11) is -2.74. The quantitative estimate of drug-likeness (QED) is 0.688. The molecule has 2 saturated carbocycles. The molecule has 3 heteroatoms. The van der Waals surface area contributed by atoms with Crippen molar-refractivity contribution in [3.63, 3.8) is 0 Å². The number of rotatable bonds is 2. The number of sulfone groups is 1. The molecule has 2 aliphatic rings. The van der Waals surface area contributed by atoms with Crippen LogP contribution >= 0.6 is 0 Å². The van der Waals surface area contributed by atoms with E-state index in [9.17, 15) is 8.42 Å². The van der Waals surface area contributed by atoms with Gasteiger partial charge >= 0.3 is 0 Å². The Morgan fingerprint density at radius 2 is 1.00 bits per heavy atom. The molecule has 0 saturated heterocycles. The van der Waals surface area contributed by atoms with E-state index in [0.717, 1.165) is 51.4 Å². The molecule has 0 aromatic carbocycles. The van der Waals surface area contributed by atoms with E-state index in [1.165, 1.54) is 0 Å². The fourth-order valence-electron chi connectivity index (χ4n) is 2.71. The Bertz CT molecular complexity index is 235. The first-order valence-electron chi connectivity index (χ1n) is 5.44. The van der Waals surface area contributed by atoms with Crippen molar-refractivity contribution in [1.82, 2.24) is 0 Å². The lowest BCUT2D eigenvalue weighted by Crippen LogP contribution is -2.28. The van der Waals surface area contributed by atoms with Crippen LogP contribution in [-0.4, -0.2) is 18.9 Å². The molecule has 2 nitrogen and oxygen atoms in total. The van der Waals surface area contributed by atoms with Gasteiger partial charge in [0.15, 0.2) is 9.84 Å². The minimum absolute atomic E-state index is 0.0237. The van der Waals surface area contributed by atoms with Crippen LogP contribution in [0.5, 0.6) is 0 Å². The third-order valence-corrected chi connectivity index (χ3v) is 6.33. The first-order chi connectivity index (χ1) is 6.21. The third kappa shape index (κ3) is 1.76. The lowest BCUT2D eigenvalue weighted by molar-refractivity contribution is 0.563. The van der Waals surface area contributed by atoms with Gasteiger partial charge in [-0.3, -0.25) is 0 Å². The molecule has 0 heterocycles. The molecule has 2 rings (SSSR count). The molecule has 0 N–H and O–H groups in total. The first-order valence-corrected chi connectivity index (χ1v) is 7.05. The fraction of sp³-hybridized carbons (Fsp3) is 1.00. The van der Waals surface area contributed by atoms with Gasteiger partial charge in [-0.1, -0.05) is 25.7 Å². The highest BCUT2D eigenvalue weighted by molar-refractivity contribution is 7.92. The van der Waals surface area contributed by atoms with Gasteiger partial charge in [-0.2, -0.15) is 0 Å². The largest absolute Gasteiger partial charge is 0.228 e. The summed E-state index contributed by atoms with van der Waals surface area (Å²) in [6.45, 7) is 0. The fourth-order valence-corrected chi connectivity index (χ4v) is 5.23. The maximum Gasteiger partial charge on any atom is 0.156 e. The Labute approximate surface area is 80.6 Å². The molecule has 0 unspecified atom stereocenters. The van der Waals surface area contributed by atoms with E-state index in [-0.39, 0.29) is 10.5 Å². The molecule has 0 aromatic rings. The SMILES string of the molecule is O=S(=O)(C1CCCC1)C1CCCC1. The van der Waals surface area contributed by atoms with Crippen molar-refractivity contribution in [2.45, 2.75) is 61.9 Å². The van der Waals surface area contributed by atoms with E-state index >= 15 is 0 Å². The second-order valence-corrected chi connectivity index (χ2v) is 6.91. The lowest BCUT2D eigenvalue weighted by Gasteiger charge is -2.16. The van der Waals surface area contributed by atoms with Gasteiger partial charge in [-0.05, 0) is 25.7 Å². The van der Waals surface area contributed by atoms with Crippen LogP contribution in [0.4, 0.5) is 0 Å². The summed E-state index contributed by atoms with van der Waals surface area (Å²) in [5, 5.41) is 0.0474. The maximum absolute atomic E-state index is 12.0. The maximum atomic E-state index is 12.0. The van der Waals surface area contributed by atoms with Gasteiger partial charge in [-0.25, -0.2) is 8.42 Å². The third-order valence-electron chi connectivity index (χ3n) is 3.53. The molecule has 13 heavy (non-hydrogen) atoms. The Morgan fingerprint density at radius 1 is 0.692 bits per heavy atom. The zero-order chi connectivity index (χ0) is 9.31. The Hall–Kier alpha value is -0.0500. The van der Waals surface area contributed by atoms with Gasteiger partial charge in [0, 0.05) is 0 Å². The molecule has 2 fully saturated rings. The highest BCUT2D eigenvalue weighted by Gasteiger charge is 2.36. The summed E-state index contributed by atoms with van der Waals surface area (Å²) in [4.78, 5) is 0. The minimum atomic E-state index is -2.74. The van der Waals surface area contributed by atoms with Gasteiger partial charge in [0.25, 0.3) is 0 Å². The van der Waals surface area contributed by atoms with E-state index in [2.05, 4.69) is 0 Å². The van der Waals surface area contributed by atoms with E-state index < -0.39 is 9.84 Å². The molecular formula is C10H18O2S. The first kappa shape index (κ1) is 9.50. The smallest absolute Gasteiger partial charge is 0.156 e. The Morgan fingerprint density at radius 3 is 1.31 bits per heavy atom. The number of hydrogen-bond acceptors (Lipinski definition) is 2. The second kappa shape index (κ2) is 3.60. The van der Waals surface area contributed by atoms with E-state index in [0.29, 0.717) is 0 Å². The summed E-state index contributed by atoms with van der Waals surface area (Å²) in [6, 6.07) is 0. The van der Waals surface area contributed by atoms with Gasteiger partial charge in [0.05, 0.1) is 10.5 Å². The molecule has 0 bridgehead atoms. The van der Waals surface area contributed by atoms with Crippen LogP contribution < -0.4 is 0 Å². The lowest BCUT2D eigenvalue weighted by atomic mass is 10.4. The number of hydrogen-bond donors (Lipinski definition) is 0. The van der Waals surface area contributed by atoms with Gasteiger partial charge in [0.2, 0.25) is 0 Å². The van der Waals surface area contributed by atoms with Gasteiger partial charge in [-0.15, -0.1) is 0 Å². The molecular weight excluding hydrogens is 184 g/mol. The zero-order valence-electron chi connectivity index (χ0n) is 8.04. The van der Waals surface area contributed by atoms with Crippen LogP contribution in [0.25, 0.3) is 0 Å². The average Bonchev–Trinajstić information content (AvgIpc) is 2.78. The molecule has 0 spiro atoms. The minimum Gasteiger partial charge on any atom is -0.228 e. The zero-order valence-corrected chi connectivity index (χ0v) is 8.85. The molecule has 76 valence electrons. The van der Waals surface area contributed by atoms with Crippen molar-refractivity contribution in [1.29, 1.82) is 0 Å². The highest BCUT2D eigenvalue weighted by atomic mass is 32.2. The summed E-state index contributed by atoms with van der Waals surface area (Å²) >= 11 is 0. The standard InChI is InChI=1S/C10H18O2S/c11-13(12,9-5-1-2-6-9)10-7-3-4-8-10/h9-10H,1-8H2. The van der Waals surface area contributed by atoms with Crippen LogP contribution in [0, 0.1) is 0 Å². The normalized spacial score (nSPS) is 27.1. The van der Waals surface area contributed by atoms with Crippen molar-refractivity contribution >= 4 is 9.84 Å². The van der Waals surface area contributed by atoms with Crippen molar-refractivity contribution < 1.29 is 8.42 Å². The molecule has 0 atom stereocenters. The summed E-state index contributed by atoms with van der Waals surface area (Å²) in [5.41, 5.74) is 0.